The van der Waals surface area contributed by atoms with E-state index in [4.69, 9.17) is 0 Å². The van der Waals surface area contributed by atoms with Crippen LogP contribution in [0.2, 0.25) is 0 Å². The van der Waals surface area contributed by atoms with Gasteiger partial charge in [-0.2, -0.15) is 0 Å². The van der Waals surface area contributed by atoms with Gasteiger partial charge in [0.25, 0.3) is 0 Å². The number of halogens is 1. The fraction of sp³-hybridized carbons (Fsp3) is 0.364. The Kier molecular flexibility index (Phi) is 5.22. The van der Waals surface area contributed by atoms with Gasteiger partial charge in [0.15, 0.2) is 5.78 Å². The average Bonchev–Trinajstić information content (AvgIpc) is 2.15. The summed E-state index contributed by atoms with van der Waals surface area (Å²) in [5.41, 5.74) is 0.637. The van der Waals surface area contributed by atoms with Crippen LogP contribution in [0.3, 0.4) is 0 Å². The molecular weight excluding hydrogens is 324 g/mol. The minimum atomic E-state index is -2.91. The van der Waals surface area contributed by atoms with E-state index < -0.39 is 9.84 Å². The smallest absolute Gasteiger partial charge is 0.160 e. The number of hydrogen-bond acceptors (Lipinski definition) is 4. The maximum atomic E-state index is 11.2. The molecule has 0 aliphatic carbocycles. The average molecular weight is 337 g/mol. The molecule has 0 aliphatic heterocycles. The van der Waals surface area contributed by atoms with Crippen molar-refractivity contribution in [2.45, 2.75) is 11.8 Å². The van der Waals surface area contributed by atoms with Crippen molar-refractivity contribution < 1.29 is 13.2 Å². The Bertz CT molecular complexity index is 524. The normalized spacial score (nSPS) is 11.5. The molecule has 0 saturated carbocycles. The van der Waals surface area contributed by atoms with Crippen LogP contribution >= 0.6 is 27.7 Å². The van der Waals surface area contributed by atoms with Gasteiger partial charge in [-0.3, -0.25) is 4.79 Å². The van der Waals surface area contributed by atoms with Crippen LogP contribution in [0.15, 0.2) is 27.6 Å². The largest absolute Gasteiger partial charge is 0.294 e. The van der Waals surface area contributed by atoms with E-state index >= 15 is 0 Å². The molecule has 0 N–H and O–H groups in total. The van der Waals surface area contributed by atoms with Gasteiger partial charge in [-0.1, -0.05) is 15.9 Å². The molecule has 1 aromatic rings. The van der Waals surface area contributed by atoms with Gasteiger partial charge in [0.2, 0.25) is 0 Å². The second-order valence-electron chi connectivity index (χ2n) is 3.68. The number of benzene rings is 1. The van der Waals surface area contributed by atoms with Crippen LogP contribution in [0.4, 0.5) is 0 Å². The third-order valence-electron chi connectivity index (χ3n) is 2.04. The Hall–Kier alpha value is -0.330. The molecule has 0 aromatic heterocycles. The van der Waals surface area contributed by atoms with E-state index in [1.165, 1.54) is 24.9 Å². The van der Waals surface area contributed by atoms with Crippen LogP contribution in [0.25, 0.3) is 0 Å². The van der Waals surface area contributed by atoms with Crippen LogP contribution < -0.4 is 0 Å². The second-order valence-corrected chi connectivity index (χ2v) is 7.96. The maximum Gasteiger partial charge on any atom is 0.160 e. The SMILES string of the molecule is CC(=O)c1ccc(SCCS(C)(=O)=O)cc1Br. The van der Waals surface area contributed by atoms with E-state index in [0.29, 0.717) is 11.3 Å². The molecule has 0 radical (unpaired) electrons. The zero-order chi connectivity index (χ0) is 13.1. The number of carbonyl (C=O) groups is 1. The summed E-state index contributed by atoms with van der Waals surface area (Å²) in [6, 6.07) is 5.41. The van der Waals surface area contributed by atoms with Crippen molar-refractivity contribution in [3.8, 4) is 0 Å². The molecule has 0 unspecified atom stereocenters. The first-order valence-electron chi connectivity index (χ1n) is 4.90. The number of carbonyl (C=O) groups excluding carboxylic acids is 1. The lowest BCUT2D eigenvalue weighted by molar-refractivity contribution is 0.101. The molecule has 0 heterocycles. The quantitative estimate of drug-likeness (QED) is 0.612. The van der Waals surface area contributed by atoms with Crippen molar-refractivity contribution in [2.24, 2.45) is 0 Å². The Labute approximate surface area is 114 Å². The highest BCUT2D eigenvalue weighted by molar-refractivity contribution is 9.10. The highest BCUT2D eigenvalue weighted by Crippen LogP contribution is 2.25. The summed E-state index contributed by atoms with van der Waals surface area (Å²) < 4.78 is 22.7. The summed E-state index contributed by atoms with van der Waals surface area (Å²) in [7, 11) is -2.91. The van der Waals surface area contributed by atoms with Crippen LogP contribution in [-0.2, 0) is 9.84 Å². The minimum absolute atomic E-state index is 0.00422. The standard InChI is InChI=1S/C11H13BrO3S2/c1-8(13)10-4-3-9(7-11(10)12)16-5-6-17(2,14)15/h3-4,7H,5-6H2,1-2H3. The molecule has 0 spiro atoms. The predicted octanol–water partition coefficient (Wildman–Crippen LogP) is 2.79. The van der Waals surface area contributed by atoms with Crippen molar-refractivity contribution in [3.05, 3.63) is 28.2 Å². The lowest BCUT2D eigenvalue weighted by Gasteiger charge is -2.04. The first kappa shape index (κ1) is 14.7. The van der Waals surface area contributed by atoms with E-state index in [9.17, 15) is 13.2 Å². The van der Waals surface area contributed by atoms with Crippen molar-refractivity contribution in [2.75, 3.05) is 17.8 Å². The highest BCUT2D eigenvalue weighted by atomic mass is 79.9. The summed E-state index contributed by atoms with van der Waals surface area (Å²) >= 11 is 4.79. The summed E-state index contributed by atoms with van der Waals surface area (Å²) in [6.45, 7) is 1.51. The van der Waals surface area contributed by atoms with Crippen LogP contribution in [0.5, 0.6) is 0 Å². The molecule has 0 atom stereocenters. The predicted molar refractivity (Wildman–Crippen MR) is 74.6 cm³/mol. The minimum Gasteiger partial charge on any atom is -0.294 e. The van der Waals surface area contributed by atoms with Gasteiger partial charge in [0, 0.05) is 26.9 Å². The summed E-state index contributed by atoms with van der Waals surface area (Å²) in [6.07, 6.45) is 1.22. The third kappa shape index (κ3) is 5.23. The zero-order valence-corrected chi connectivity index (χ0v) is 12.8. The van der Waals surface area contributed by atoms with E-state index in [1.54, 1.807) is 6.07 Å². The van der Waals surface area contributed by atoms with Gasteiger partial charge in [-0.05, 0) is 25.1 Å². The number of hydrogen-bond donors (Lipinski definition) is 0. The lowest BCUT2D eigenvalue weighted by Crippen LogP contribution is -2.04. The number of thioether (sulfide) groups is 1. The van der Waals surface area contributed by atoms with E-state index in [-0.39, 0.29) is 11.5 Å². The number of rotatable bonds is 5. The zero-order valence-electron chi connectivity index (χ0n) is 9.57. The molecule has 1 aromatic carbocycles. The molecule has 94 valence electrons. The first-order chi connectivity index (χ1) is 7.79. The van der Waals surface area contributed by atoms with Gasteiger partial charge < -0.3 is 0 Å². The molecule has 0 bridgehead atoms. The Balaban J connectivity index is 2.68. The van der Waals surface area contributed by atoms with Crippen LogP contribution in [0.1, 0.15) is 17.3 Å². The fourth-order valence-electron chi connectivity index (χ4n) is 1.18. The van der Waals surface area contributed by atoms with Crippen molar-refractivity contribution >= 4 is 43.3 Å². The summed E-state index contributed by atoms with van der Waals surface area (Å²) in [5.74, 6) is 0.679. The third-order valence-corrected chi connectivity index (χ3v) is 4.90. The molecule has 6 heteroatoms. The van der Waals surface area contributed by atoms with Gasteiger partial charge in [0.1, 0.15) is 9.84 Å². The van der Waals surface area contributed by atoms with Crippen molar-refractivity contribution in [1.29, 1.82) is 0 Å². The number of ketones is 1. The van der Waals surface area contributed by atoms with Crippen LogP contribution in [0, 0.1) is 0 Å². The second kappa shape index (κ2) is 6.02. The van der Waals surface area contributed by atoms with Gasteiger partial charge in [-0.15, -0.1) is 11.8 Å². The molecule has 0 fully saturated rings. The summed E-state index contributed by atoms with van der Waals surface area (Å²) in [4.78, 5) is 12.2. The molecular formula is C11H13BrO3S2. The Morgan fingerprint density at radius 3 is 2.53 bits per heavy atom. The lowest BCUT2D eigenvalue weighted by atomic mass is 10.2. The number of sulfone groups is 1. The molecule has 0 aliphatic rings. The van der Waals surface area contributed by atoms with Gasteiger partial charge in [-0.25, -0.2) is 8.42 Å². The topological polar surface area (TPSA) is 51.2 Å². The fourth-order valence-corrected chi connectivity index (χ4v) is 4.14. The molecule has 1 rings (SSSR count). The van der Waals surface area contributed by atoms with E-state index in [1.807, 2.05) is 12.1 Å². The number of Topliss-reactive ketones (excluding diaryl/α,β-unsaturated/α-hetero) is 1. The van der Waals surface area contributed by atoms with E-state index in [2.05, 4.69) is 15.9 Å². The molecule has 17 heavy (non-hydrogen) atoms. The molecule has 0 amide bonds. The Morgan fingerprint density at radius 1 is 1.41 bits per heavy atom. The Morgan fingerprint density at radius 2 is 2.06 bits per heavy atom. The van der Waals surface area contributed by atoms with Gasteiger partial charge in [0.05, 0.1) is 5.75 Å². The molecule has 3 nitrogen and oxygen atoms in total. The monoisotopic (exact) mass is 336 g/mol. The highest BCUT2D eigenvalue weighted by Gasteiger charge is 2.07. The first-order valence-corrected chi connectivity index (χ1v) is 8.74. The van der Waals surface area contributed by atoms with E-state index in [0.717, 1.165) is 9.37 Å². The maximum absolute atomic E-state index is 11.2. The molecule has 0 saturated heterocycles. The summed E-state index contributed by atoms with van der Waals surface area (Å²) in [5, 5.41) is 0. The van der Waals surface area contributed by atoms with Crippen LogP contribution in [-0.4, -0.2) is 32.0 Å². The van der Waals surface area contributed by atoms with Crippen molar-refractivity contribution in [3.63, 3.8) is 0 Å². The van der Waals surface area contributed by atoms with Crippen molar-refractivity contribution in [1.82, 2.24) is 0 Å². The van der Waals surface area contributed by atoms with Gasteiger partial charge >= 0.3 is 0 Å².